The Morgan fingerprint density at radius 3 is 2.73 bits per heavy atom. The fourth-order valence-electron chi connectivity index (χ4n) is 2.60. The molecule has 0 spiro atoms. The first-order valence-corrected chi connectivity index (χ1v) is 8.48. The summed E-state index contributed by atoms with van der Waals surface area (Å²) in [4.78, 5) is 11.1. The van der Waals surface area contributed by atoms with Gasteiger partial charge in [-0.25, -0.2) is 9.18 Å². The van der Waals surface area contributed by atoms with E-state index in [0.29, 0.717) is 47.2 Å². The standard InChI is InChI=1S/C20H17ClFNO3/c21-17-7-5-14(20(24)25)11-16(17)19-8-6-15(26-19)12-23-10-9-13-3-1-2-4-18(13)22/h1-8,11,23H,9-10,12H2,(H,24,25). The van der Waals surface area contributed by atoms with Gasteiger partial charge in [-0.05, 0) is 54.9 Å². The van der Waals surface area contributed by atoms with Crippen LogP contribution in [0, 0.1) is 5.82 Å². The number of carboxylic acid groups (broad SMARTS) is 1. The summed E-state index contributed by atoms with van der Waals surface area (Å²) in [6.07, 6.45) is 0.576. The molecule has 2 N–H and O–H groups in total. The van der Waals surface area contributed by atoms with E-state index in [9.17, 15) is 9.18 Å². The number of carboxylic acids is 1. The first-order valence-electron chi connectivity index (χ1n) is 8.10. The van der Waals surface area contributed by atoms with Crippen LogP contribution in [0.3, 0.4) is 0 Å². The van der Waals surface area contributed by atoms with Gasteiger partial charge in [0.05, 0.1) is 17.1 Å². The number of benzene rings is 2. The van der Waals surface area contributed by atoms with E-state index >= 15 is 0 Å². The van der Waals surface area contributed by atoms with Crippen LogP contribution in [-0.2, 0) is 13.0 Å². The molecule has 3 rings (SSSR count). The quantitative estimate of drug-likeness (QED) is 0.585. The highest BCUT2D eigenvalue weighted by atomic mass is 35.5. The fourth-order valence-corrected chi connectivity index (χ4v) is 2.81. The number of hydrogen-bond acceptors (Lipinski definition) is 3. The highest BCUT2D eigenvalue weighted by molar-refractivity contribution is 6.33. The van der Waals surface area contributed by atoms with Crippen molar-refractivity contribution in [1.29, 1.82) is 0 Å². The number of halogens is 2. The average molecular weight is 374 g/mol. The van der Waals surface area contributed by atoms with Gasteiger partial charge < -0.3 is 14.8 Å². The third-order valence-electron chi connectivity index (χ3n) is 3.97. The van der Waals surface area contributed by atoms with Crippen molar-refractivity contribution in [3.8, 4) is 11.3 Å². The molecule has 0 aliphatic heterocycles. The molecule has 26 heavy (non-hydrogen) atoms. The maximum atomic E-state index is 13.6. The fraction of sp³-hybridized carbons (Fsp3) is 0.150. The van der Waals surface area contributed by atoms with Crippen molar-refractivity contribution < 1.29 is 18.7 Å². The van der Waals surface area contributed by atoms with Crippen LogP contribution in [-0.4, -0.2) is 17.6 Å². The van der Waals surface area contributed by atoms with Gasteiger partial charge in [0, 0.05) is 5.56 Å². The van der Waals surface area contributed by atoms with E-state index in [4.69, 9.17) is 21.1 Å². The Labute approximate surface area is 155 Å². The number of rotatable bonds is 7. The van der Waals surface area contributed by atoms with Crippen molar-refractivity contribution >= 4 is 17.6 Å². The van der Waals surface area contributed by atoms with Crippen molar-refractivity contribution in [2.45, 2.75) is 13.0 Å². The van der Waals surface area contributed by atoms with E-state index in [1.807, 2.05) is 6.07 Å². The summed E-state index contributed by atoms with van der Waals surface area (Å²) < 4.78 is 19.3. The lowest BCUT2D eigenvalue weighted by molar-refractivity contribution is 0.0697. The van der Waals surface area contributed by atoms with Crippen molar-refractivity contribution in [2.24, 2.45) is 0 Å². The number of hydrogen-bond donors (Lipinski definition) is 2. The van der Waals surface area contributed by atoms with E-state index in [-0.39, 0.29) is 11.4 Å². The molecular formula is C20H17ClFNO3. The summed E-state index contributed by atoms with van der Waals surface area (Å²) in [7, 11) is 0. The van der Waals surface area contributed by atoms with Crippen LogP contribution in [0.15, 0.2) is 59.0 Å². The lowest BCUT2D eigenvalue weighted by Gasteiger charge is -2.05. The minimum atomic E-state index is -1.02. The summed E-state index contributed by atoms with van der Waals surface area (Å²) in [6, 6.07) is 14.7. The van der Waals surface area contributed by atoms with Crippen LogP contribution in [0.1, 0.15) is 21.7 Å². The first kappa shape index (κ1) is 18.2. The predicted molar refractivity (Wildman–Crippen MR) is 97.9 cm³/mol. The molecule has 6 heteroatoms. The van der Waals surface area contributed by atoms with E-state index in [1.54, 1.807) is 24.3 Å². The van der Waals surface area contributed by atoms with Crippen molar-refractivity contribution in [3.63, 3.8) is 0 Å². The second kappa shape index (κ2) is 8.17. The van der Waals surface area contributed by atoms with Gasteiger partial charge in [0.2, 0.25) is 0 Å². The zero-order valence-corrected chi connectivity index (χ0v) is 14.6. The topological polar surface area (TPSA) is 62.5 Å². The lowest BCUT2D eigenvalue weighted by atomic mass is 10.1. The predicted octanol–water partition coefficient (Wildman–Crippen LogP) is 4.77. The van der Waals surface area contributed by atoms with E-state index in [1.165, 1.54) is 24.3 Å². The Kier molecular flexibility index (Phi) is 5.71. The highest BCUT2D eigenvalue weighted by Crippen LogP contribution is 2.30. The molecule has 0 aliphatic carbocycles. The third-order valence-corrected chi connectivity index (χ3v) is 4.30. The minimum absolute atomic E-state index is 0.144. The molecule has 0 saturated carbocycles. The Morgan fingerprint density at radius 1 is 1.15 bits per heavy atom. The number of carbonyl (C=O) groups is 1. The van der Waals surface area contributed by atoms with Crippen LogP contribution in [0.5, 0.6) is 0 Å². The average Bonchev–Trinajstić information content (AvgIpc) is 3.09. The molecule has 0 aliphatic rings. The van der Waals surface area contributed by atoms with Gasteiger partial charge in [-0.3, -0.25) is 0 Å². The summed E-state index contributed by atoms with van der Waals surface area (Å²) in [6.45, 7) is 1.08. The molecule has 1 heterocycles. The highest BCUT2D eigenvalue weighted by Gasteiger charge is 2.12. The molecule has 0 bridgehead atoms. The molecule has 4 nitrogen and oxygen atoms in total. The zero-order chi connectivity index (χ0) is 18.5. The third kappa shape index (κ3) is 4.31. The molecule has 0 unspecified atom stereocenters. The molecule has 1 aromatic heterocycles. The second-order valence-electron chi connectivity index (χ2n) is 5.78. The van der Waals surface area contributed by atoms with Crippen LogP contribution in [0.2, 0.25) is 5.02 Å². The van der Waals surface area contributed by atoms with Gasteiger partial charge >= 0.3 is 5.97 Å². The Morgan fingerprint density at radius 2 is 1.96 bits per heavy atom. The Bertz CT molecular complexity index is 923. The van der Waals surface area contributed by atoms with Gasteiger partial charge in [-0.1, -0.05) is 29.8 Å². The molecule has 0 atom stereocenters. The summed E-state index contributed by atoms with van der Waals surface area (Å²) in [5.41, 5.74) is 1.34. The van der Waals surface area contributed by atoms with Crippen molar-refractivity contribution in [2.75, 3.05) is 6.54 Å². The maximum absolute atomic E-state index is 13.6. The smallest absolute Gasteiger partial charge is 0.335 e. The lowest BCUT2D eigenvalue weighted by Crippen LogP contribution is -2.16. The monoisotopic (exact) mass is 373 g/mol. The van der Waals surface area contributed by atoms with Crippen LogP contribution < -0.4 is 5.32 Å². The molecule has 0 amide bonds. The summed E-state index contributed by atoms with van der Waals surface area (Å²) in [5, 5.41) is 12.7. The largest absolute Gasteiger partial charge is 0.478 e. The van der Waals surface area contributed by atoms with E-state index in [0.717, 1.165) is 0 Å². The molecular weight excluding hydrogens is 357 g/mol. The Balaban J connectivity index is 1.61. The molecule has 3 aromatic rings. The Hall–Kier alpha value is -2.63. The van der Waals surface area contributed by atoms with Crippen LogP contribution >= 0.6 is 11.6 Å². The van der Waals surface area contributed by atoms with Crippen molar-refractivity contribution in [1.82, 2.24) is 5.32 Å². The zero-order valence-electron chi connectivity index (χ0n) is 13.8. The van der Waals surface area contributed by atoms with Gasteiger partial charge in [-0.2, -0.15) is 0 Å². The second-order valence-corrected chi connectivity index (χ2v) is 6.19. The summed E-state index contributed by atoms with van der Waals surface area (Å²) >= 11 is 6.15. The van der Waals surface area contributed by atoms with Gasteiger partial charge in [-0.15, -0.1) is 0 Å². The van der Waals surface area contributed by atoms with Gasteiger partial charge in [0.15, 0.2) is 0 Å². The van der Waals surface area contributed by atoms with E-state index in [2.05, 4.69) is 5.32 Å². The molecule has 134 valence electrons. The number of nitrogens with one attached hydrogen (secondary N) is 1. The number of aromatic carboxylic acids is 1. The van der Waals surface area contributed by atoms with Gasteiger partial charge in [0.1, 0.15) is 17.3 Å². The normalized spacial score (nSPS) is 10.8. The van der Waals surface area contributed by atoms with E-state index < -0.39 is 5.97 Å². The molecule has 2 aromatic carbocycles. The molecule has 0 saturated heterocycles. The molecule has 0 fully saturated rings. The van der Waals surface area contributed by atoms with Crippen molar-refractivity contribution in [3.05, 3.63) is 82.3 Å². The van der Waals surface area contributed by atoms with Crippen LogP contribution in [0.25, 0.3) is 11.3 Å². The molecule has 0 radical (unpaired) electrons. The van der Waals surface area contributed by atoms with Gasteiger partial charge in [0.25, 0.3) is 0 Å². The minimum Gasteiger partial charge on any atom is -0.478 e. The van der Waals surface area contributed by atoms with Crippen LogP contribution in [0.4, 0.5) is 4.39 Å². The number of furan rings is 1. The first-order chi connectivity index (χ1) is 12.5. The maximum Gasteiger partial charge on any atom is 0.335 e. The summed E-state index contributed by atoms with van der Waals surface area (Å²) in [5.74, 6) is -0.0404. The SMILES string of the molecule is O=C(O)c1ccc(Cl)c(-c2ccc(CNCCc3ccccc3F)o2)c1.